The van der Waals surface area contributed by atoms with Crippen LogP contribution in [0.3, 0.4) is 0 Å². The molecule has 0 saturated carbocycles. The molecule has 0 heterocycles. The van der Waals surface area contributed by atoms with E-state index < -0.39 is 9.84 Å². The number of sulfone groups is 1. The average molecular weight is 257 g/mol. The summed E-state index contributed by atoms with van der Waals surface area (Å²) in [6.07, 6.45) is 0.490. The third-order valence-electron chi connectivity index (χ3n) is 2.58. The lowest BCUT2D eigenvalue weighted by Gasteiger charge is -2.10. The zero-order valence-corrected chi connectivity index (χ0v) is 11.1. The van der Waals surface area contributed by atoms with E-state index in [4.69, 9.17) is 10.5 Å². The molecule has 0 bridgehead atoms. The molecule has 0 saturated heterocycles. The first-order valence-corrected chi connectivity index (χ1v) is 7.46. The quantitative estimate of drug-likeness (QED) is 0.623. The van der Waals surface area contributed by atoms with Crippen molar-refractivity contribution in [1.82, 2.24) is 0 Å². The van der Waals surface area contributed by atoms with E-state index in [0.717, 1.165) is 5.56 Å². The molecule has 0 aliphatic carbocycles. The maximum atomic E-state index is 11.3. The van der Waals surface area contributed by atoms with E-state index >= 15 is 0 Å². The summed E-state index contributed by atoms with van der Waals surface area (Å²) in [5, 5.41) is 0. The lowest BCUT2D eigenvalue weighted by molar-refractivity contribution is 0.319. The summed E-state index contributed by atoms with van der Waals surface area (Å²) in [6, 6.07) is 5.56. The number of aryl methyl sites for hydroxylation is 1. The maximum Gasteiger partial charge on any atom is 0.150 e. The van der Waals surface area contributed by atoms with Gasteiger partial charge in [0.15, 0.2) is 0 Å². The fourth-order valence-electron chi connectivity index (χ4n) is 1.38. The molecule has 4 nitrogen and oxygen atoms in total. The normalized spacial score (nSPS) is 11.4. The lowest BCUT2D eigenvalue weighted by Crippen LogP contribution is -2.12. The third kappa shape index (κ3) is 4.26. The molecule has 0 unspecified atom stereocenters. The van der Waals surface area contributed by atoms with Gasteiger partial charge in [-0.1, -0.05) is 19.1 Å². The van der Waals surface area contributed by atoms with Crippen LogP contribution in [-0.2, 0) is 9.84 Å². The van der Waals surface area contributed by atoms with Crippen LogP contribution in [0.2, 0.25) is 0 Å². The van der Waals surface area contributed by atoms with Gasteiger partial charge >= 0.3 is 0 Å². The highest BCUT2D eigenvalue weighted by Gasteiger charge is 2.07. The number of nitrogens with two attached hydrogens (primary N) is 1. The molecule has 1 aromatic rings. The standard InChI is InChI=1S/C12H19NO3S/c1-3-17(14,15)9-5-8-16-11-7-4-6-10(2)12(11)13/h4,6-7H,3,5,8-9,13H2,1-2H3. The van der Waals surface area contributed by atoms with Crippen molar-refractivity contribution in [2.75, 3.05) is 23.8 Å². The molecule has 1 rings (SSSR count). The van der Waals surface area contributed by atoms with Gasteiger partial charge in [0.1, 0.15) is 15.6 Å². The minimum atomic E-state index is -2.90. The summed E-state index contributed by atoms with van der Waals surface area (Å²) < 4.78 is 28.0. The lowest BCUT2D eigenvalue weighted by atomic mass is 10.2. The largest absolute Gasteiger partial charge is 0.491 e. The van der Waals surface area contributed by atoms with Crippen molar-refractivity contribution in [3.05, 3.63) is 23.8 Å². The summed E-state index contributed by atoms with van der Waals surface area (Å²) in [5.41, 5.74) is 7.41. The molecule has 96 valence electrons. The molecule has 2 N–H and O–H groups in total. The summed E-state index contributed by atoms with van der Waals surface area (Å²) in [4.78, 5) is 0. The number of rotatable bonds is 6. The molecule has 1 aromatic carbocycles. The minimum absolute atomic E-state index is 0.162. The Labute approximate surface area is 103 Å². The van der Waals surface area contributed by atoms with Crippen LogP contribution in [0.1, 0.15) is 18.9 Å². The van der Waals surface area contributed by atoms with Gasteiger partial charge in [0.25, 0.3) is 0 Å². The summed E-state index contributed by atoms with van der Waals surface area (Å²) in [5.74, 6) is 0.966. The SMILES string of the molecule is CCS(=O)(=O)CCCOc1cccc(C)c1N. The van der Waals surface area contributed by atoms with Gasteiger partial charge < -0.3 is 10.5 Å². The number of ether oxygens (including phenoxy) is 1. The second kappa shape index (κ2) is 5.91. The summed E-state index contributed by atoms with van der Waals surface area (Å²) in [7, 11) is -2.90. The van der Waals surface area contributed by atoms with E-state index in [1.54, 1.807) is 13.0 Å². The van der Waals surface area contributed by atoms with Gasteiger partial charge in [0, 0.05) is 5.75 Å². The summed E-state index contributed by atoms with van der Waals surface area (Å²) in [6.45, 7) is 3.92. The molecule has 0 spiro atoms. The second-order valence-corrected chi connectivity index (χ2v) is 6.40. The van der Waals surface area contributed by atoms with Crippen molar-refractivity contribution in [2.45, 2.75) is 20.3 Å². The van der Waals surface area contributed by atoms with E-state index in [1.807, 2.05) is 19.1 Å². The van der Waals surface area contributed by atoms with Crippen molar-refractivity contribution in [3.63, 3.8) is 0 Å². The highest BCUT2D eigenvalue weighted by molar-refractivity contribution is 7.91. The van der Waals surface area contributed by atoms with Crippen LogP contribution in [-0.4, -0.2) is 26.5 Å². The maximum absolute atomic E-state index is 11.3. The van der Waals surface area contributed by atoms with Gasteiger partial charge in [-0.15, -0.1) is 0 Å². The predicted octanol–water partition coefficient (Wildman–Crippen LogP) is 1.78. The Bertz CT molecular complexity index is 469. The fourth-order valence-corrected chi connectivity index (χ4v) is 2.23. The van der Waals surface area contributed by atoms with Crippen LogP contribution >= 0.6 is 0 Å². The highest BCUT2D eigenvalue weighted by atomic mass is 32.2. The Morgan fingerprint density at radius 3 is 2.71 bits per heavy atom. The zero-order chi connectivity index (χ0) is 12.9. The number of anilines is 1. The monoisotopic (exact) mass is 257 g/mol. The van der Waals surface area contributed by atoms with E-state index in [0.29, 0.717) is 24.5 Å². The van der Waals surface area contributed by atoms with Gasteiger partial charge in [-0.2, -0.15) is 0 Å². The van der Waals surface area contributed by atoms with Gasteiger partial charge in [0.2, 0.25) is 0 Å². The van der Waals surface area contributed by atoms with Crippen LogP contribution in [0.25, 0.3) is 0 Å². The Kier molecular flexibility index (Phi) is 4.81. The Morgan fingerprint density at radius 1 is 1.35 bits per heavy atom. The number of hydrogen-bond donors (Lipinski definition) is 1. The Morgan fingerprint density at radius 2 is 2.06 bits per heavy atom. The molecule has 0 fully saturated rings. The second-order valence-electron chi connectivity index (χ2n) is 3.93. The molecule has 0 atom stereocenters. The van der Waals surface area contributed by atoms with Crippen LogP contribution in [0.15, 0.2) is 18.2 Å². The van der Waals surface area contributed by atoms with Crippen LogP contribution < -0.4 is 10.5 Å². The third-order valence-corrected chi connectivity index (χ3v) is 4.37. The number of hydrogen-bond acceptors (Lipinski definition) is 4. The van der Waals surface area contributed by atoms with Gasteiger partial charge in [-0.05, 0) is 25.0 Å². The molecule has 0 aromatic heterocycles. The molecular formula is C12H19NO3S. The molecule has 5 heteroatoms. The van der Waals surface area contributed by atoms with Crippen molar-refractivity contribution in [1.29, 1.82) is 0 Å². The van der Waals surface area contributed by atoms with Crippen LogP contribution in [0, 0.1) is 6.92 Å². The van der Waals surface area contributed by atoms with E-state index in [9.17, 15) is 8.42 Å². The van der Waals surface area contributed by atoms with Crippen molar-refractivity contribution >= 4 is 15.5 Å². The van der Waals surface area contributed by atoms with E-state index in [1.165, 1.54) is 0 Å². The van der Waals surface area contributed by atoms with Crippen LogP contribution in [0.4, 0.5) is 5.69 Å². The van der Waals surface area contributed by atoms with Crippen molar-refractivity contribution in [2.24, 2.45) is 0 Å². The topological polar surface area (TPSA) is 69.4 Å². The van der Waals surface area contributed by atoms with E-state index in [2.05, 4.69) is 0 Å². The Balaban J connectivity index is 2.44. The molecular weight excluding hydrogens is 238 g/mol. The smallest absolute Gasteiger partial charge is 0.150 e. The van der Waals surface area contributed by atoms with Gasteiger partial charge in [0.05, 0.1) is 18.0 Å². The number of benzene rings is 1. The zero-order valence-electron chi connectivity index (χ0n) is 10.3. The van der Waals surface area contributed by atoms with Crippen molar-refractivity contribution in [3.8, 4) is 5.75 Å². The molecule has 17 heavy (non-hydrogen) atoms. The molecule has 0 aliphatic heterocycles. The minimum Gasteiger partial charge on any atom is -0.491 e. The highest BCUT2D eigenvalue weighted by Crippen LogP contribution is 2.24. The first-order chi connectivity index (χ1) is 7.96. The fraction of sp³-hybridized carbons (Fsp3) is 0.500. The number of para-hydroxylation sites is 1. The number of nitrogen functional groups attached to an aromatic ring is 1. The van der Waals surface area contributed by atoms with Gasteiger partial charge in [-0.25, -0.2) is 8.42 Å². The van der Waals surface area contributed by atoms with E-state index in [-0.39, 0.29) is 11.5 Å². The average Bonchev–Trinajstić information content (AvgIpc) is 2.30. The first-order valence-electron chi connectivity index (χ1n) is 5.64. The van der Waals surface area contributed by atoms with Crippen molar-refractivity contribution < 1.29 is 13.2 Å². The molecule has 0 amide bonds. The Hall–Kier alpha value is -1.23. The van der Waals surface area contributed by atoms with Crippen LogP contribution in [0.5, 0.6) is 5.75 Å². The molecule has 0 aliphatic rings. The van der Waals surface area contributed by atoms with Gasteiger partial charge in [-0.3, -0.25) is 0 Å². The molecule has 0 radical (unpaired) electrons. The first kappa shape index (κ1) is 13.8. The summed E-state index contributed by atoms with van der Waals surface area (Å²) >= 11 is 0. The predicted molar refractivity (Wildman–Crippen MR) is 70.0 cm³/mol.